The molecule has 0 saturated carbocycles. The topological polar surface area (TPSA) is 90.6 Å². The van der Waals surface area contributed by atoms with Crippen LogP contribution in [-0.4, -0.2) is 60.5 Å². The number of fused-ring (bicyclic) bond motifs is 1. The number of hydrogen-bond donors (Lipinski definition) is 1. The van der Waals surface area contributed by atoms with Crippen LogP contribution in [0.1, 0.15) is 50.5 Å². The van der Waals surface area contributed by atoms with Gasteiger partial charge in [-0.3, -0.25) is 9.59 Å². The molecule has 2 heterocycles. The van der Waals surface area contributed by atoms with Crippen LogP contribution in [0, 0.1) is 6.92 Å². The molecule has 1 aliphatic carbocycles. The average molecular weight is 416 g/mol. The van der Waals surface area contributed by atoms with Crippen LogP contribution >= 0.6 is 0 Å². The predicted molar refractivity (Wildman–Crippen MR) is 109 cm³/mol. The molecule has 1 amide bonds. The molecule has 7 nitrogen and oxygen atoms in total. The van der Waals surface area contributed by atoms with Gasteiger partial charge in [0.15, 0.2) is 5.78 Å². The number of carbonyl (C=O) groups is 2. The second-order valence-corrected chi connectivity index (χ2v) is 9.66. The first-order valence-electron chi connectivity index (χ1n) is 9.92. The summed E-state index contributed by atoms with van der Waals surface area (Å²) < 4.78 is 26.9. The predicted octanol–water partition coefficient (Wildman–Crippen LogP) is 2.13. The maximum atomic E-state index is 13.0. The molecule has 8 heteroatoms. The van der Waals surface area contributed by atoms with E-state index in [0.717, 1.165) is 24.1 Å². The third kappa shape index (κ3) is 3.86. The number of aromatic nitrogens is 1. The fraction of sp³-hybridized carbons (Fsp3) is 0.429. The van der Waals surface area contributed by atoms with E-state index in [2.05, 4.69) is 4.98 Å². The Labute approximate surface area is 170 Å². The molecule has 1 N–H and O–H groups in total. The van der Waals surface area contributed by atoms with Gasteiger partial charge >= 0.3 is 0 Å². The number of carbonyl (C=O) groups excluding carboxylic acids is 2. The summed E-state index contributed by atoms with van der Waals surface area (Å²) in [4.78, 5) is 30.0. The lowest BCUT2D eigenvalue weighted by atomic mass is 9.94. The van der Waals surface area contributed by atoms with E-state index in [4.69, 9.17) is 0 Å². The van der Waals surface area contributed by atoms with Crippen LogP contribution < -0.4 is 0 Å². The molecule has 29 heavy (non-hydrogen) atoms. The monoisotopic (exact) mass is 415 g/mol. The highest BCUT2D eigenvalue weighted by Gasteiger charge is 2.32. The van der Waals surface area contributed by atoms with Crippen molar-refractivity contribution < 1.29 is 18.0 Å². The molecule has 0 bridgehead atoms. The number of benzene rings is 1. The lowest BCUT2D eigenvalue weighted by molar-refractivity contribution is 0.0691. The molecule has 1 fully saturated rings. The Hall–Kier alpha value is -2.45. The van der Waals surface area contributed by atoms with Gasteiger partial charge in [-0.25, -0.2) is 8.42 Å². The number of nitrogens with one attached hydrogen (secondary N) is 1. The molecule has 0 spiro atoms. The Morgan fingerprint density at radius 2 is 1.76 bits per heavy atom. The van der Waals surface area contributed by atoms with Crippen molar-refractivity contribution >= 4 is 21.7 Å². The van der Waals surface area contributed by atoms with Gasteiger partial charge in [0.05, 0.1) is 5.75 Å². The van der Waals surface area contributed by atoms with Gasteiger partial charge in [0.25, 0.3) is 5.91 Å². The molecule has 2 aromatic rings. The first-order chi connectivity index (χ1) is 13.9. The summed E-state index contributed by atoms with van der Waals surface area (Å²) in [6.45, 7) is 3.04. The molecule has 1 aromatic carbocycles. The highest BCUT2D eigenvalue weighted by molar-refractivity contribution is 7.88. The van der Waals surface area contributed by atoms with Crippen LogP contribution in [0.15, 0.2) is 30.3 Å². The standard InChI is InChI=1S/C21H25N3O4S/c1-15-19-17(8-5-9-18(19)25)22-20(15)21(26)23-10-12-24(13-11-23)29(27,28)14-16-6-3-2-4-7-16/h2-4,6-7,22H,5,8-14H2,1H3. The van der Waals surface area contributed by atoms with Crippen molar-refractivity contribution in [2.24, 2.45) is 0 Å². The second kappa shape index (κ2) is 7.76. The molecule has 1 saturated heterocycles. The van der Waals surface area contributed by atoms with Gasteiger partial charge in [0, 0.05) is 43.9 Å². The number of Topliss-reactive ketones (excluding diaryl/α,β-unsaturated/α-hetero) is 1. The van der Waals surface area contributed by atoms with E-state index in [1.807, 2.05) is 25.1 Å². The van der Waals surface area contributed by atoms with Gasteiger partial charge in [-0.2, -0.15) is 4.31 Å². The summed E-state index contributed by atoms with van der Waals surface area (Å²) in [6, 6.07) is 9.10. The highest BCUT2D eigenvalue weighted by Crippen LogP contribution is 2.27. The first kappa shape index (κ1) is 19.8. The highest BCUT2D eigenvalue weighted by atomic mass is 32.2. The molecule has 0 radical (unpaired) electrons. The number of nitrogens with zero attached hydrogens (tertiary/aromatic N) is 2. The van der Waals surface area contributed by atoms with Crippen LogP contribution in [0.25, 0.3) is 0 Å². The molecular formula is C21H25N3O4S. The van der Waals surface area contributed by atoms with E-state index in [0.29, 0.717) is 36.3 Å². The summed E-state index contributed by atoms with van der Waals surface area (Å²) in [5.41, 5.74) is 3.46. The van der Waals surface area contributed by atoms with Crippen molar-refractivity contribution in [3.8, 4) is 0 Å². The Morgan fingerprint density at radius 1 is 1.07 bits per heavy atom. The minimum absolute atomic E-state index is 0.0354. The number of ketones is 1. The van der Waals surface area contributed by atoms with Gasteiger partial charge in [0.1, 0.15) is 5.69 Å². The molecule has 0 atom stereocenters. The lowest BCUT2D eigenvalue weighted by Crippen LogP contribution is -2.50. The van der Waals surface area contributed by atoms with Gasteiger partial charge in [-0.15, -0.1) is 0 Å². The number of sulfonamides is 1. The summed E-state index contributed by atoms with van der Waals surface area (Å²) in [5.74, 6) is -0.104. The molecule has 154 valence electrons. The maximum Gasteiger partial charge on any atom is 0.270 e. The number of H-pyrrole nitrogens is 1. The van der Waals surface area contributed by atoms with Crippen molar-refractivity contribution in [1.82, 2.24) is 14.2 Å². The zero-order valence-electron chi connectivity index (χ0n) is 16.5. The van der Waals surface area contributed by atoms with Gasteiger partial charge < -0.3 is 9.88 Å². The number of amides is 1. The second-order valence-electron chi connectivity index (χ2n) is 7.69. The smallest absolute Gasteiger partial charge is 0.270 e. The lowest BCUT2D eigenvalue weighted by Gasteiger charge is -2.34. The van der Waals surface area contributed by atoms with Gasteiger partial charge in [-0.1, -0.05) is 30.3 Å². The van der Waals surface area contributed by atoms with Crippen molar-refractivity contribution in [2.45, 2.75) is 31.9 Å². The molecular weight excluding hydrogens is 390 g/mol. The van der Waals surface area contributed by atoms with E-state index in [9.17, 15) is 18.0 Å². The fourth-order valence-corrected chi connectivity index (χ4v) is 5.71. The summed E-state index contributed by atoms with van der Waals surface area (Å²) in [5, 5.41) is 0. The third-order valence-corrected chi connectivity index (χ3v) is 7.61. The molecule has 4 rings (SSSR count). The third-order valence-electron chi connectivity index (χ3n) is 5.76. The maximum absolute atomic E-state index is 13.0. The zero-order valence-corrected chi connectivity index (χ0v) is 17.3. The summed E-state index contributed by atoms with van der Waals surface area (Å²) in [6.07, 6.45) is 2.11. The number of aromatic amines is 1. The largest absolute Gasteiger partial charge is 0.354 e. The van der Waals surface area contributed by atoms with Gasteiger partial charge in [0.2, 0.25) is 10.0 Å². The normalized spacial score (nSPS) is 18.0. The molecule has 0 unspecified atom stereocenters. The Balaban J connectivity index is 1.43. The number of rotatable bonds is 4. The SMILES string of the molecule is Cc1c(C(=O)N2CCN(S(=O)(=O)Cc3ccccc3)CC2)[nH]c2c1C(=O)CCC2. The van der Waals surface area contributed by atoms with Crippen molar-refractivity contribution in [2.75, 3.05) is 26.2 Å². The summed E-state index contributed by atoms with van der Waals surface area (Å²) in [7, 11) is -3.42. The van der Waals surface area contributed by atoms with Crippen LogP contribution in [0.2, 0.25) is 0 Å². The van der Waals surface area contributed by atoms with E-state index in [1.165, 1.54) is 4.31 Å². The molecule has 1 aromatic heterocycles. The van der Waals surface area contributed by atoms with E-state index in [-0.39, 0.29) is 30.5 Å². The Morgan fingerprint density at radius 3 is 2.41 bits per heavy atom. The van der Waals surface area contributed by atoms with Gasteiger partial charge in [-0.05, 0) is 30.9 Å². The van der Waals surface area contributed by atoms with Crippen LogP contribution in [0.3, 0.4) is 0 Å². The average Bonchev–Trinajstić information content (AvgIpc) is 3.06. The number of piperazine rings is 1. The minimum Gasteiger partial charge on any atom is -0.354 e. The van der Waals surface area contributed by atoms with E-state index < -0.39 is 10.0 Å². The van der Waals surface area contributed by atoms with Crippen LogP contribution in [-0.2, 0) is 22.2 Å². The molecule has 1 aliphatic heterocycles. The Bertz CT molecular complexity index is 1040. The van der Waals surface area contributed by atoms with E-state index in [1.54, 1.807) is 17.0 Å². The molecule has 2 aliphatic rings. The van der Waals surface area contributed by atoms with Crippen molar-refractivity contribution in [3.05, 3.63) is 58.4 Å². The van der Waals surface area contributed by atoms with Crippen LogP contribution in [0.5, 0.6) is 0 Å². The number of hydrogen-bond acceptors (Lipinski definition) is 4. The number of aryl methyl sites for hydroxylation is 1. The summed E-state index contributed by atoms with van der Waals surface area (Å²) >= 11 is 0. The van der Waals surface area contributed by atoms with Crippen molar-refractivity contribution in [1.29, 1.82) is 0 Å². The van der Waals surface area contributed by atoms with Crippen molar-refractivity contribution in [3.63, 3.8) is 0 Å². The zero-order chi connectivity index (χ0) is 20.6. The Kier molecular flexibility index (Phi) is 5.31. The first-order valence-corrected chi connectivity index (χ1v) is 11.5. The minimum atomic E-state index is -3.42. The van der Waals surface area contributed by atoms with Crippen LogP contribution in [0.4, 0.5) is 0 Å². The van der Waals surface area contributed by atoms with E-state index >= 15 is 0 Å². The fourth-order valence-electron chi connectivity index (χ4n) is 4.19. The quantitative estimate of drug-likeness (QED) is 0.828.